The topological polar surface area (TPSA) is 43.8 Å². The molecule has 0 aliphatic heterocycles. The SMILES string of the molecule is Cn1nc(-c2cc(Br)c(Br)s2)c(-c2ccc(Br)cc2)c1N. The van der Waals surface area contributed by atoms with Gasteiger partial charge in [0.2, 0.25) is 0 Å². The number of hydrogen-bond donors (Lipinski definition) is 1. The third kappa shape index (κ3) is 2.84. The lowest BCUT2D eigenvalue weighted by Gasteiger charge is -2.03. The van der Waals surface area contributed by atoms with Gasteiger partial charge in [0.05, 0.1) is 14.2 Å². The number of thiophene rings is 1. The Hall–Kier alpha value is -0.630. The highest BCUT2D eigenvalue weighted by Crippen LogP contribution is 2.43. The number of rotatable bonds is 2. The van der Waals surface area contributed by atoms with Gasteiger partial charge in [-0.3, -0.25) is 4.68 Å². The van der Waals surface area contributed by atoms with Crippen LogP contribution in [0.3, 0.4) is 0 Å². The largest absolute Gasteiger partial charge is 0.383 e. The van der Waals surface area contributed by atoms with Gasteiger partial charge in [0.1, 0.15) is 11.5 Å². The van der Waals surface area contributed by atoms with E-state index >= 15 is 0 Å². The number of nitrogens with two attached hydrogens (primary N) is 1. The van der Waals surface area contributed by atoms with E-state index < -0.39 is 0 Å². The summed E-state index contributed by atoms with van der Waals surface area (Å²) >= 11 is 12.1. The van der Waals surface area contributed by atoms with Gasteiger partial charge in [0.15, 0.2) is 0 Å². The van der Waals surface area contributed by atoms with E-state index in [9.17, 15) is 0 Å². The molecule has 2 heterocycles. The van der Waals surface area contributed by atoms with E-state index in [0.29, 0.717) is 5.82 Å². The molecule has 108 valence electrons. The number of anilines is 1. The van der Waals surface area contributed by atoms with Crippen LogP contribution in [0.4, 0.5) is 5.82 Å². The molecule has 7 heteroatoms. The minimum absolute atomic E-state index is 0.660. The number of hydrogen-bond acceptors (Lipinski definition) is 3. The molecule has 0 aliphatic carbocycles. The van der Waals surface area contributed by atoms with Crippen molar-refractivity contribution in [1.29, 1.82) is 0 Å². The summed E-state index contributed by atoms with van der Waals surface area (Å²) in [6.07, 6.45) is 0. The molecule has 3 rings (SSSR count). The van der Waals surface area contributed by atoms with Crippen molar-refractivity contribution >= 4 is 64.9 Å². The molecule has 0 unspecified atom stereocenters. The molecule has 0 aliphatic rings. The molecule has 21 heavy (non-hydrogen) atoms. The molecule has 2 aromatic heterocycles. The molecule has 0 amide bonds. The molecule has 0 radical (unpaired) electrons. The van der Waals surface area contributed by atoms with Gasteiger partial charge in [-0.1, -0.05) is 28.1 Å². The Morgan fingerprint density at radius 2 is 1.81 bits per heavy atom. The highest BCUT2D eigenvalue weighted by molar-refractivity contribution is 9.13. The minimum atomic E-state index is 0.660. The molecule has 0 atom stereocenters. The summed E-state index contributed by atoms with van der Waals surface area (Å²) in [5.74, 6) is 0.660. The molecule has 2 N–H and O–H groups in total. The molecule has 1 aromatic carbocycles. The number of benzene rings is 1. The fraction of sp³-hybridized carbons (Fsp3) is 0.0714. The Bertz CT molecular complexity index is 786. The fourth-order valence-corrected chi connectivity index (χ4v) is 4.36. The second-order valence-corrected chi connectivity index (χ2v) is 8.61. The summed E-state index contributed by atoms with van der Waals surface area (Å²) in [7, 11) is 1.86. The summed E-state index contributed by atoms with van der Waals surface area (Å²) < 4.78 is 4.82. The molecule has 3 nitrogen and oxygen atoms in total. The van der Waals surface area contributed by atoms with Crippen LogP contribution in [-0.2, 0) is 7.05 Å². The highest BCUT2D eigenvalue weighted by Gasteiger charge is 2.19. The molecule has 3 aromatic rings. The first-order valence-electron chi connectivity index (χ1n) is 6.01. The summed E-state index contributed by atoms with van der Waals surface area (Å²) in [5, 5.41) is 4.58. The monoisotopic (exact) mass is 489 g/mol. The van der Waals surface area contributed by atoms with Crippen molar-refractivity contribution in [3.05, 3.63) is 43.1 Å². The standard InChI is InChI=1S/C14H10Br3N3S/c1-20-14(18)11(7-2-4-8(15)5-3-7)12(19-20)10-6-9(16)13(17)21-10/h2-6H,18H2,1H3. The van der Waals surface area contributed by atoms with Crippen molar-refractivity contribution in [2.24, 2.45) is 7.05 Å². The first-order valence-corrected chi connectivity index (χ1v) is 9.20. The van der Waals surface area contributed by atoms with Gasteiger partial charge in [-0.25, -0.2) is 0 Å². The average molecular weight is 492 g/mol. The van der Waals surface area contributed by atoms with E-state index in [1.165, 1.54) is 0 Å². The predicted molar refractivity (Wildman–Crippen MR) is 99.5 cm³/mol. The van der Waals surface area contributed by atoms with Crippen LogP contribution in [0.1, 0.15) is 0 Å². The van der Waals surface area contributed by atoms with Crippen molar-refractivity contribution in [3.8, 4) is 21.7 Å². The van der Waals surface area contributed by atoms with E-state index in [0.717, 1.165) is 34.4 Å². The zero-order valence-corrected chi connectivity index (χ0v) is 16.5. The number of halogens is 3. The van der Waals surface area contributed by atoms with Gasteiger partial charge in [-0.05, 0) is 55.6 Å². The summed E-state index contributed by atoms with van der Waals surface area (Å²) in [4.78, 5) is 1.07. The first-order chi connectivity index (χ1) is 9.97. The van der Waals surface area contributed by atoms with Gasteiger partial charge in [-0.2, -0.15) is 5.10 Å². The second-order valence-electron chi connectivity index (χ2n) is 4.47. The van der Waals surface area contributed by atoms with Crippen LogP contribution in [0.2, 0.25) is 0 Å². The molecule has 0 saturated carbocycles. The zero-order chi connectivity index (χ0) is 15.1. The first kappa shape index (κ1) is 15.3. The average Bonchev–Trinajstić information content (AvgIpc) is 2.93. The van der Waals surface area contributed by atoms with E-state index in [2.05, 4.69) is 59.0 Å². The van der Waals surface area contributed by atoms with Gasteiger partial charge in [0.25, 0.3) is 0 Å². The van der Waals surface area contributed by atoms with Crippen molar-refractivity contribution in [2.45, 2.75) is 0 Å². The Kier molecular flexibility index (Phi) is 4.27. The maximum Gasteiger partial charge on any atom is 0.129 e. The van der Waals surface area contributed by atoms with Crippen molar-refractivity contribution in [3.63, 3.8) is 0 Å². The predicted octanol–water partition coefficient (Wildman–Crippen LogP) is 5.69. The molecular weight excluding hydrogens is 482 g/mol. The summed E-state index contributed by atoms with van der Waals surface area (Å²) in [6.45, 7) is 0. The van der Waals surface area contributed by atoms with Crippen molar-refractivity contribution in [2.75, 3.05) is 5.73 Å². The number of nitrogen functional groups attached to an aromatic ring is 1. The quantitative estimate of drug-likeness (QED) is 0.500. The second kappa shape index (κ2) is 5.87. The van der Waals surface area contributed by atoms with Crippen LogP contribution < -0.4 is 5.73 Å². The van der Waals surface area contributed by atoms with Crippen LogP contribution in [0.15, 0.2) is 43.1 Å². The lowest BCUT2D eigenvalue weighted by molar-refractivity contribution is 0.783. The van der Waals surface area contributed by atoms with Crippen LogP contribution in [0.5, 0.6) is 0 Å². The van der Waals surface area contributed by atoms with Crippen molar-refractivity contribution in [1.82, 2.24) is 9.78 Å². The van der Waals surface area contributed by atoms with Gasteiger partial charge in [-0.15, -0.1) is 11.3 Å². The summed E-state index contributed by atoms with van der Waals surface area (Å²) in [6, 6.07) is 10.1. The number of aromatic nitrogens is 2. The lowest BCUT2D eigenvalue weighted by atomic mass is 10.0. The van der Waals surface area contributed by atoms with Crippen LogP contribution >= 0.6 is 59.1 Å². The molecule has 0 bridgehead atoms. The highest BCUT2D eigenvalue weighted by atomic mass is 79.9. The fourth-order valence-electron chi connectivity index (χ4n) is 2.07. The number of aryl methyl sites for hydroxylation is 1. The smallest absolute Gasteiger partial charge is 0.129 e. The normalized spacial score (nSPS) is 11.0. The molecular formula is C14H10Br3N3S. The molecule has 0 spiro atoms. The summed E-state index contributed by atoms with van der Waals surface area (Å²) in [5.41, 5.74) is 9.14. The zero-order valence-electron chi connectivity index (χ0n) is 10.9. The Morgan fingerprint density at radius 3 is 2.38 bits per heavy atom. The van der Waals surface area contributed by atoms with Gasteiger partial charge >= 0.3 is 0 Å². The Labute approximate surface area is 151 Å². The maximum atomic E-state index is 6.23. The lowest BCUT2D eigenvalue weighted by Crippen LogP contribution is -1.97. The van der Waals surface area contributed by atoms with Gasteiger partial charge in [0, 0.05) is 16.0 Å². The van der Waals surface area contributed by atoms with Gasteiger partial charge < -0.3 is 5.73 Å². The maximum absolute atomic E-state index is 6.23. The molecule has 0 fully saturated rings. The van der Waals surface area contributed by atoms with E-state index in [4.69, 9.17) is 5.73 Å². The third-order valence-corrected chi connectivity index (χ3v) is 6.89. The van der Waals surface area contributed by atoms with E-state index in [1.807, 2.05) is 31.3 Å². The molecule has 0 saturated heterocycles. The minimum Gasteiger partial charge on any atom is -0.383 e. The third-order valence-electron chi connectivity index (χ3n) is 3.10. The number of nitrogens with zero attached hydrogens (tertiary/aromatic N) is 2. The van der Waals surface area contributed by atoms with Crippen LogP contribution in [-0.4, -0.2) is 9.78 Å². The Morgan fingerprint density at radius 1 is 1.14 bits per heavy atom. The van der Waals surface area contributed by atoms with Crippen LogP contribution in [0.25, 0.3) is 21.7 Å². The van der Waals surface area contributed by atoms with E-state index in [-0.39, 0.29) is 0 Å². The van der Waals surface area contributed by atoms with Crippen LogP contribution in [0, 0.1) is 0 Å². The Balaban J connectivity index is 2.22. The van der Waals surface area contributed by atoms with Crippen molar-refractivity contribution < 1.29 is 0 Å². The van der Waals surface area contributed by atoms with E-state index in [1.54, 1.807) is 16.0 Å².